The van der Waals surface area contributed by atoms with E-state index >= 15 is 0 Å². The molecule has 0 fully saturated rings. The SMILES string of the molecule is CC(C)Nc1ccc(Cl)cc1Cl.N. The van der Waals surface area contributed by atoms with Crippen LogP contribution in [0.1, 0.15) is 13.8 Å². The van der Waals surface area contributed by atoms with Crippen molar-refractivity contribution in [2.24, 2.45) is 0 Å². The largest absolute Gasteiger partial charge is 0.382 e. The second-order valence-corrected chi connectivity index (χ2v) is 3.77. The van der Waals surface area contributed by atoms with Gasteiger partial charge < -0.3 is 11.5 Å². The lowest BCUT2D eigenvalue weighted by Gasteiger charge is -2.11. The summed E-state index contributed by atoms with van der Waals surface area (Å²) < 4.78 is 0. The number of anilines is 1. The molecular weight excluding hydrogens is 207 g/mol. The molecule has 0 heterocycles. The van der Waals surface area contributed by atoms with Crippen molar-refractivity contribution in [3.8, 4) is 0 Å². The highest BCUT2D eigenvalue weighted by molar-refractivity contribution is 6.36. The van der Waals surface area contributed by atoms with Crippen molar-refractivity contribution >= 4 is 28.9 Å². The third-order valence-corrected chi connectivity index (χ3v) is 1.92. The van der Waals surface area contributed by atoms with E-state index < -0.39 is 0 Å². The molecule has 0 unspecified atom stereocenters. The molecule has 0 radical (unpaired) electrons. The summed E-state index contributed by atoms with van der Waals surface area (Å²) in [7, 11) is 0. The Hall–Kier alpha value is -0.440. The summed E-state index contributed by atoms with van der Waals surface area (Å²) in [6.45, 7) is 4.12. The van der Waals surface area contributed by atoms with Crippen LogP contribution in [-0.2, 0) is 0 Å². The highest BCUT2D eigenvalue weighted by atomic mass is 35.5. The summed E-state index contributed by atoms with van der Waals surface area (Å²) in [5.41, 5.74) is 0.927. The van der Waals surface area contributed by atoms with E-state index in [4.69, 9.17) is 23.2 Å². The van der Waals surface area contributed by atoms with E-state index in [1.165, 1.54) is 0 Å². The zero-order valence-electron chi connectivity index (χ0n) is 7.77. The van der Waals surface area contributed by atoms with E-state index in [0.29, 0.717) is 16.1 Å². The molecule has 0 bridgehead atoms. The molecule has 0 aliphatic carbocycles. The van der Waals surface area contributed by atoms with Gasteiger partial charge in [0.05, 0.1) is 10.7 Å². The number of halogens is 2. The zero-order chi connectivity index (χ0) is 9.14. The summed E-state index contributed by atoms with van der Waals surface area (Å²) in [5.74, 6) is 0. The van der Waals surface area contributed by atoms with Gasteiger partial charge in [0.25, 0.3) is 0 Å². The fourth-order valence-electron chi connectivity index (χ4n) is 0.918. The molecule has 0 aliphatic heterocycles. The Balaban J connectivity index is 0.00000144. The third-order valence-electron chi connectivity index (χ3n) is 1.38. The van der Waals surface area contributed by atoms with E-state index in [1.54, 1.807) is 6.07 Å². The smallest absolute Gasteiger partial charge is 0.0652 e. The molecule has 1 rings (SSSR count). The second kappa shape index (κ2) is 5.32. The normalized spacial score (nSPS) is 9.62. The van der Waals surface area contributed by atoms with Crippen molar-refractivity contribution < 1.29 is 0 Å². The quantitative estimate of drug-likeness (QED) is 0.793. The molecule has 4 heteroatoms. The standard InChI is InChI=1S/C9H11Cl2N.H3N/c1-6(2)12-9-4-3-7(10)5-8(9)11;/h3-6,12H,1-2H3;1H3. The minimum Gasteiger partial charge on any atom is -0.382 e. The second-order valence-electron chi connectivity index (χ2n) is 2.92. The van der Waals surface area contributed by atoms with Crippen molar-refractivity contribution in [3.05, 3.63) is 28.2 Å². The van der Waals surface area contributed by atoms with Crippen LogP contribution in [0.15, 0.2) is 18.2 Å². The average Bonchev–Trinajstić information content (AvgIpc) is 1.94. The first-order chi connectivity index (χ1) is 5.59. The summed E-state index contributed by atoms with van der Waals surface area (Å²) in [6, 6.07) is 5.81. The van der Waals surface area contributed by atoms with Crippen LogP contribution in [0, 0.1) is 0 Å². The van der Waals surface area contributed by atoms with Gasteiger partial charge >= 0.3 is 0 Å². The van der Waals surface area contributed by atoms with Gasteiger partial charge in [0.1, 0.15) is 0 Å². The average molecular weight is 221 g/mol. The van der Waals surface area contributed by atoms with Gasteiger partial charge in [-0.3, -0.25) is 0 Å². The third kappa shape index (κ3) is 3.85. The van der Waals surface area contributed by atoms with Crippen LogP contribution in [0.5, 0.6) is 0 Å². The number of hydrogen-bond acceptors (Lipinski definition) is 2. The summed E-state index contributed by atoms with van der Waals surface area (Å²) in [6.07, 6.45) is 0. The first kappa shape index (κ1) is 12.6. The van der Waals surface area contributed by atoms with Crippen LogP contribution >= 0.6 is 23.2 Å². The van der Waals surface area contributed by atoms with Gasteiger partial charge in [0, 0.05) is 11.1 Å². The minimum absolute atomic E-state index is 0. The Labute approximate surface area is 88.8 Å². The van der Waals surface area contributed by atoms with Crippen molar-refractivity contribution in [2.45, 2.75) is 19.9 Å². The number of nitrogens with one attached hydrogen (secondary N) is 1. The maximum absolute atomic E-state index is 5.93. The molecular formula is C9H14Cl2N2. The number of rotatable bonds is 2. The predicted octanol–water partition coefficient (Wildman–Crippen LogP) is 3.98. The molecule has 13 heavy (non-hydrogen) atoms. The Morgan fingerprint density at radius 3 is 2.31 bits per heavy atom. The van der Waals surface area contributed by atoms with E-state index in [2.05, 4.69) is 19.2 Å². The van der Waals surface area contributed by atoms with E-state index in [9.17, 15) is 0 Å². The van der Waals surface area contributed by atoms with Crippen molar-refractivity contribution in [2.75, 3.05) is 5.32 Å². The van der Waals surface area contributed by atoms with E-state index in [0.717, 1.165) is 5.69 Å². The molecule has 2 nitrogen and oxygen atoms in total. The van der Waals surface area contributed by atoms with E-state index in [1.807, 2.05) is 12.1 Å². The molecule has 0 aromatic heterocycles. The van der Waals surface area contributed by atoms with Crippen LogP contribution in [0.25, 0.3) is 0 Å². The number of hydrogen-bond donors (Lipinski definition) is 2. The fraction of sp³-hybridized carbons (Fsp3) is 0.333. The maximum Gasteiger partial charge on any atom is 0.0652 e. The van der Waals surface area contributed by atoms with Gasteiger partial charge in [-0.15, -0.1) is 0 Å². The first-order valence-corrected chi connectivity index (χ1v) is 4.57. The Bertz CT molecular complexity index is 274. The Kier molecular flexibility index (Phi) is 5.14. The lowest BCUT2D eigenvalue weighted by atomic mass is 10.3. The molecule has 1 aromatic carbocycles. The van der Waals surface area contributed by atoms with Crippen molar-refractivity contribution in [1.82, 2.24) is 6.15 Å². The van der Waals surface area contributed by atoms with Gasteiger partial charge in [-0.1, -0.05) is 23.2 Å². The molecule has 1 aromatic rings. The van der Waals surface area contributed by atoms with E-state index in [-0.39, 0.29) is 6.15 Å². The molecule has 0 aliphatic rings. The van der Waals surface area contributed by atoms with Gasteiger partial charge in [0.15, 0.2) is 0 Å². The van der Waals surface area contributed by atoms with Gasteiger partial charge in [-0.05, 0) is 32.0 Å². The first-order valence-electron chi connectivity index (χ1n) is 3.81. The topological polar surface area (TPSA) is 47.0 Å². The van der Waals surface area contributed by atoms with Gasteiger partial charge in [-0.25, -0.2) is 0 Å². The van der Waals surface area contributed by atoms with Crippen LogP contribution < -0.4 is 11.5 Å². The molecule has 4 N–H and O–H groups in total. The highest BCUT2D eigenvalue weighted by Gasteiger charge is 2.01. The monoisotopic (exact) mass is 220 g/mol. The maximum atomic E-state index is 5.93. The molecule has 0 saturated carbocycles. The van der Waals surface area contributed by atoms with Crippen LogP contribution in [0.4, 0.5) is 5.69 Å². The summed E-state index contributed by atoms with van der Waals surface area (Å²) in [5, 5.41) is 4.53. The van der Waals surface area contributed by atoms with Gasteiger partial charge in [0.2, 0.25) is 0 Å². The molecule has 0 amide bonds. The lowest BCUT2D eigenvalue weighted by molar-refractivity contribution is 0.900. The number of benzene rings is 1. The van der Waals surface area contributed by atoms with Crippen LogP contribution in [-0.4, -0.2) is 6.04 Å². The fourth-order valence-corrected chi connectivity index (χ4v) is 1.38. The molecule has 74 valence electrons. The molecule has 0 atom stereocenters. The van der Waals surface area contributed by atoms with Crippen LogP contribution in [0.3, 0.4) is 0 Å². The summed E-state index contributed by atoms with van der Waals surface area (Å²) >= 11 is 11.7. The van der Waals surface area contributed by atoms with Crippen molar-refractivity contribution in [1.29, 1.82) is 0 Å². The zero-order valence-corrected chi connectivity index (χ0v) is 9.28. The highest BCUT2D eigenvalue weighted by Crippen LogP contribution is 2.25. The Morgan fingerprint density at radius 2 is 1.85 bits per heavy atom. The van der Waals surface area contributed by atoms with Crippen molar-refractivity contribution in [3.63, 3.8) is 0 Å². The molecule has 0 saturated heterocycles. The predicted molar refractivity (Wildman–Crippen MR) is 60.2 cm³/mol. The summed E-state index contributed by atoms with van der Waals surface area (Å²) in [4.78, 5) is 0. The Morgan fingerprint density at radius 1 is 1.23 bits per heavy atom. The minimum atomic E-state index is 0. The lowest BCUT2D eigenvalue weighted by Crippen LogP contribution is -2.09. The van der Waals surface area contributed by atoms with Gasteiger partial charge in [-0.2, -0.15) is 0 Å². The van der Waals surface area contributed by atoms with Crippen LogP contribution in [0.2, 0.25) is 10.0 Å². The molecule has 0 spiro atoms.